The summed E-state index contributed by atoms with van der Waals surface area (Å²) in [6.07, 6.45) is 16.4. The van der Waals surface area contributed by atoms with Crippen LogP contribution in [0.1, 0.15) is 34.8 Å². The minimum atomic E-state index is -0.949. The van der Waals surface area contributed by atoms with E-state index < -0.39 is 22.3 Å². The van der Waals surface area contributed by atoms with Crippen LogP contribution in [0.25, 0.3) is 0 Å². The second-order valence-electron chi connectivity index (χ2n) is 8.39. The van der Waals surface area contributed by atoms with E-state index in [-0.39, 0.29) is 0 Å². The summed E-state index contributed by atoms with van der Waals surface area (Å²) >= 11 is 2.29. The number of hydrogen-bond donors (Lipinski definition) is 4. The van der Waals surface area contributed by atoms with Crippen molar-refractivity contribution in [1.82, 2.24) is 0 Å². The molecule has 0 spiro atoms. The van der Waals surface area contributed by atoms with Gasteiger partial charge in [0.2, 0.25) is 0 Å². The number of benzene rings is 2. The monoisotopic (exact) mass is 510 g/mol. The minimum absolute atomic E-state index is 0.513. The summed E-state index contributed by atoms with van der Waals surface area (Å²) in [6.45, 7) is 0. The quantitative estimate of drug-likeness (QED) is 0.192. The molecule has 0 bridgehead atoms. The molecule has 0 aliphatic heterocycles. The molecule has 4 unspecified atom stereocenters. The molecular formula is C26H30N4O3S2. The zero-order chi connectivity index (χ0) is 24.7. The van der Waals surface area contributed by atoms with E-state index in [1.807, 2.05) is 97.1 Å². The predicted octanol–water partition coefficient (Wildman–Crippen LogP) is 5.24. The minimum Gasteiger partial charge on any atom is -0.399 e. The topological polar surface area (TPSA) is 132 Å². The highest BCUT2D eigenvalue weighted by Crippen LogP contribution is 2.43. The molecule has 2 aromatic rings. The van der Waals surface area contributed by atoms with E-state index in [9.17, 15) is 0 Å². The first kappa shape index (κ1) is 25.6. The zero-order valence-electron chi connectivity index (χ0n) is 19.2. The summed E-state index contributed by atoms with van der Waals surface area (Å²) in [5, 5.41) is 0. The van der Waals surface area contributed by atoms with Crippen molar-refractivity contribution in [3.8, 4) is 0 Å². The molecule has 7 nitrogen and oxygen atoms in total. The number of rotatable bonds is 10. The van der Waals surface area contributed by atoms with Gasteiger partial charge < -0.3 is 20.9 Å². The highest BCUT2D eigenvalue weighted by Gasteiger charge is 2.31. The van der Waals surface area contributed by atoms with Gasteiger partial charge in [0, 0.05) is 48.3 Å². The van der Waals surface area contributed by atoms with Gasteiger partial charge in [-0.3, -0.25) is 11.5 Å². The first-order valence-corrected chi connectivity index (χ1v) is 12.8. The maximum Gasteiger partial charge on any atom is 0.157 e. The summed E-state index contributed by atoms with van der Waals surface area (Å²) in [7, 11) is 0. The summed E-state index contributed by atoms with van der Waals surface area (Å²) in [4.78, 5) is 0. The second-order valence-corrected chi connectivity index (χ2v) is 10.2. The Labute approximate surface area is 214 Å². The Morgan fingerprint density at radius 2 is 1.03 bits per heavy atom. The Morgan fingerprint density at radius 1 is 0.629 bits per heavy atom. The molecule has 0 saturated carbocycles. The van der Waals surface area contributed by atoms with Crippen LogP contribution in [0.2, 0.25) is 0 Å². The van der Waals surface area contributed by atoms with E-state index in [2.05, 4.69) is 0 Å². The maximum atomic E-state index is 6.48. The van der Waals surface area contributed by atoms with Crippen LogP contribution in [0.5, 0.6) is 0 Å². The average molecular weight is 511 g/mol. The first-order chi connectivity index (χ1) is 16.8. The van der Waals surface area contributed by atoms with Crippen LogP contribution in [0.3, 0.4) is 0 Å². The van der Waals surface area contributed by atoms with Crippen molar-refractivity contribution in [2.75, 3.05) is 11.5 Å². The van der Waals surface area contributed by atoms with Gasteiger partial charge in [-0.05, 0) is 47.5 Å². The number of anilines is 2. The van der Waals surface area contributed by atoms with Gasteiger partial charge in [-0.2, -0.15) is 0 Å². The number of hydrogen-bond acceptors (Lipinski definition) is 9. The molecule has 35 heavy (non-hydrogen) atoms. The Morgan fingerprint density at radius 3 is 1.37 bits per heavy atom. The molecule has 2 aromatic carbocycles. The van der Waals surface area contributed by atoms with Gasteiger partial charge in [-0.25, -0.2) is 3.63 Å². The van der Waals surface area contributed by atoms with Crippen molar-refractivity contribution in [3.05, 3.63) is 108 Å². The van der Waals surface area contributed by atoms with Crippen LogP contribution in [0.4, 0.5) is 11.4 Å². The molecule has 0 heterocycles. The van der Waals surface area contributed by atoms with E-state index in [0.29, 0.717) is 24.2 Å². The Hall–Kier alpha value is -2.50. The normalized spacial score (nSPS) is 25.0. The first-order valence-electron chi connectivity index (χ1n) is 11.2. The highest BCUT2D eigenvalue weighted by atomic mass is 32.2. The molecule has 0 fully saturated rings. The molecule has 9 heteroatoms. The molecule has 184 valence electrons. The smallest absolute Gasteiger partial charge is 0.157 e. The molecule has 0 aromatic heterocycles. The van der Waals surface area contributed by atoms with Gasteiger partial charge in [0.15, 0.2) is 10.9 Å². The van der Waals surface area contributed by atoms with Crippen molar-refractivity contribution in [3.63, 3.8) is 0 Å². The van der Waals surface area contributed by atoms with Crippen LogP contribution in [-0.4, -0.2) is 11.4 Å². The fourth-order valence-corrected chi connectivity index (χ4v) is 5.22. The Balaban J connectivity index is 1.49. The molecule has 0 amide bonds. The average Bonchev–Trinajstić information content (AvgIpc) is 2.84. The van der Waals surface area contributed by atoms with Crippen molar-refractivity contribution < 1.29 is 13.1 Å². The van der Waals surface area contributed by atoms with Crippen molar-refractivity contribution >= 4 is 35.5 Å². The van der Waals surface area contributed by atoms with Crippen LogP contribution in [0, 0.1) is 0 Å². The third-order valence-electron chi connectivity index (χ3n) is 5.45. The zero-order valence-corrected chi connectivity index (χ0v) is 20.8. The maximum absolute atomic E-state index is 6.48. The third-order valence-corrected chi connectivity index (χ3v) is 7.16. The Bertz CT molecular complexity index is 1020. The molecular weight excluding hydrogens is 480 g/mol. The number of allylic oxidation sites excluding steroid dienone is 4. The summed E-state index contributed by atoms with van der Waals surface area (Å²) < 4.78 is 18.6. The van der Waals surface area contributed by atoms with Gasteiger partial charge >= 0.3 is 0 Å². The van der Waals surface area contributed by atoms with Crippen LogP contribution < -0.4 is 22.9 Å². The molecule has 2 aliphatic rings. The summed E-state index contributed by atoms with van der Waals surface area (Å²) in [6, 6.07) is 14.9. The molecule has 0 radical (unpaired) electrons. The van der Waals surface area contributed by atoms with Crippen molar-refractivity contribution in [2.24, 2.45) is 11.5 Å². The lowest BCUT2D eigenvalue weighted by Gasteiger charge is -2.32. The fourth-order valence-electron chi connectivity index (χ4n) is 3.49. The number of nitrogen functional groups attached to an aromatic ring is 2. The lowest BCUT2D eigenvalue weighted by Crippen LogP contribution is -2.41. The van der Waals surface area contributed by atoms with Crippen molar-refractivity contribution in [1.29, 1.82) is 0 Å². The van der Waals surface area contributed by atoms with Crippen molar-refractivity contribution in [2.45, 2.75) is 35.2 Å². The van der Waals surface area contributed by atoms with E-state index in [1.165, 1.54) is 0 Å². The van der Waals surface area contributed by atoms with E-state index in [0.717, 1.165) is 35.2 Å². The largest absolute Gasteiger partial charge is 0.399 e. The molecule has 8 N–H and O–H groups in total. The molecule has 0 saturated heterocycles. The second kappa shape index (κ2) is 11.5. The van der Waals surface area contributed by atoms with Gasteiger partial charge in [-0.15, -0.1) is 0 Å². The van der Waals surface area contributed by atoms with Gasteiger partial charge in [0.05, 0.1) is 0 Å². The van der Waals surface area contributed by atoms with E-state index >= 15 is 0 Å². The highest BCUT2D eigenvalue weighted by molar-refractivity contribution is 8.07. The van der Waals surface area contributed by atoms with Crippen LogP contribution >= 0.6 is 24.1 Å². The van der Waals surface area contributed by atoms with Crippen LogP contribution in [0.15, 0.2) is 97.1 Å². The molecule has 2 aliphatic carbocycles. The van der Waals surface area contributed by atoms with E-state index in [4.69, 9.17) is 36.0 Å². The predicted molar refractivity (Wildman–Crippen MR) is 145 cm³/mol. The van der Waals surface area contributed by atoms with Crippen LogP contribution in [-0.2, 0) is 13.1 Å². The molecule has 4 rings (SSSR count). The number of nitrogens with two attached hydrogens (primary N) is 4. The van der Waals surface area contributed by atoms with Gasteiger partial charge in [-0.1, -0.05) is 60.7 Å². The summed E-state index contributed by atoms with van der Waals surface area (Å²) in [5.74, 6) is 0. The SMILES string of the molecule is Nc1ccc(C(OC2(N)C=CC=CC2)SOSC(OC2(N)C=CC=CC2)c2ccc(N)cc2)cc1. The molecule has 4 atom stereocenters. The standard InChI is InChI=1S/C26H30N4O3S2/c27-21-11-7-19(8-12-21)23(31-25(29)15-3-1-4-16-25)34-33-35-24(20-9-13-22(28)14-10-20)32-26(30)17-5-2-6-18-26/h1-15,17,23-24H,16,18,27-30H2. The summed E-state index contributed by atoms with van der Waals surface area (Å²) in [5.41, 5.74) is 24.9. The fraction of sp³-hybridized carbons (Fsp3) is 0.231. The lowest BCUT2D eigenvalue weighted by molar-refractivity contribution is -0.0233. The Kier molecular flexibility index (Phi) is 8.40. The number of ether oxygens (including phenoxy) is 2. The third kappa shape index (κ3) is 7.25. The lowest BCUT2D eigenvalue weighted by atomic mass is 10.1. The van der Waals surface area contributed by atoms with Gasteiger partial charge in [0.25, 0.3) is 0 Å². The van der Waals surface area contributed by atoms with E-state index in [1.54, 1.807) is 0 Å². The van der Waals surface area contributed by atoms with Gasteiger partial charge in [0.1, 0.15) is 11.4 Å².